The summed E-state index contributed by atoms with van der Waals surface area (Å²) in [4.78, 5) is 5.07. The molecule has 1 fully saturated rings. The molecule has 24 heavy (non-hydrogen) atoms. The van der Waals surface area contributed by atoms with E-state index in [0.29, 0.717) is 0 Å². The SMILES string of the molecule is Cc1c(C[NH+]2CC[NH+](Cc3ccccc3)CC2)sc2ccccc12. The zero-order valence-corrected chi connectivity index (χ0v) is 15.2. The van der Waals surface area contributed by atoms with Gasteiger partial charge in [0.2, 0.25) is 0 Å². The summed E-state index contributed by atoms with van der Waals surface area (Å²) in [7, 11) is 0. The van der Waals surface area contributed by atoms with E-state index in [4.69, 9.17) is 0 Å². The topological polar surface area (TPSA) is 8.88 Å². The molecule has 0 unspecified atom stereocenters. The van der Waals surface area contributed by atoms with Crippen molar-refractivity contribution in [1.82, 2.24) is 0 Å². The summed E-state index contributed by atoms with van der Waals surface area (Å²) in [6.07, 6.45) is 0. The van der Waals surface area contributed by atoms with Gasteiger partial charge in [-0.2, -0.15) is 0 Å². The number of benzene rings is 2. The third-order valence-electron chi connectivity index (χ3n) is 5.31. The van der Waals surface area contributed by atoms with E-state index in [1.165, 1.54) is 60.5 Å². The van der Waals surface area contributed by atoms with Crippen LogP contribution in [-0.4, -0.2) is 26.2 Å². The van der Waals surface area contributed by atoms with Crippen LogP contribution < -0.4 is 9.80 Å². The van der Waals surface area contributed by atoms with Crippen LogP contribution in [0.2, 0.25) is 0 Å². The van der Waals surface area contributed by atoms with Gasteiger partial charge < -0.3 is 9.80 Å². The maximum absolute atomic E-state index is 2.30. The molecular weight excluding hydrogens is 312 g/mol. The van der Waals surface area contributed by atoms with Crippen molar-refractivity contribution in [2.45, 2.75) is 20.0 Å². The fraction of sp³-hybridized carbons (Fsp3) is 0.333. The van der Waals surface area contributed by atoms with Gasteiger partial charge in [0.05, 0.1) is 4.88 Å². The van der Waals surface area contributed by atoms with Crippen molar-refractivity contribution >= 4 is 21.4 Å². The van der Waals surface area contributed by atoms with Crippen LogP contribution in [-0.2, 0) is 13.1 Å². The lowest BCUT2D eigenvalue weighted by atomic mass is 10.1. The van der Waals surface area contributed by atoms with E-state index in [-0.39, 0.29) is 0 Å². The van der Waals surface area contributed by atoms with Crippen molar-refractivity contribution < 1.29 is 9.80 Å². The summed E-state index contributed by atoms with van der Waals surface area (Å²) >= 11 is 1.99. The van der Waals surface area contributed by atoms with Gasteiger partial charge in [-0.1, -0.05) is 48.5 Å². The summed E-state index contributed by atoms with van der Waals surface area (Å²) in [6.45, 7) is 9.82. The van der Waals surface area contributed by atoms with Crippen LogP contribution >= 0.6 is 11.3 Å². The molecule has 0 radical (unpaired) electrons. The molecule has 0 bridgehead atoms. The largest absolute Gasteiger partial charge is 0.322 e. The van der Waals surface area contributed by atoms with E-state index in [1.54, 1.807) is 14.7 Å². The number of piperazine rings is 1. The molecule has 1 aromatic heterocycles. The number of aryl methyl sites for hydroxylation is 1. The molecule has 2 N–H and O–H groups in total. The Balaban J connectivity index is 1.36. The third kappa shape index (κ3) is 3.39. The van der Waals surface area contributed by atoms with Crippen LogP contribution in [0, 0.1) is 6.92 Å². The van der Waals surface area contributed by atoms with Gasteiger partial charge >= 0.3 is 0 Å². The fourth-order valence-electron chi connectivity index (χ4n) is 3.82. The van der Waals surface area contributed by atoms with Crippen LogP contribution in [0.15, 0.2) is 54.6 Å². The first-order valence-corrected chi connectivity index (χ1v) is 9.79. The zero-order chi connectivity index (χ0) is 16.4. The number of hydrogen-bond donors (Lipinski definition) is 2. The second kappa shape index (κ2) is 7.06. The Morgan fingerprint density at radius 2 is 1.42 bits per heavy atom. The molecular formula is C21H26N2S+2. The van der Waals surface area contributed by atoms with Crippen LogP contribution in [0.25, 0.3) is 10.1 Å². The predicted octanol–water partition coefficient (Wildman–Crippen LogP) is 1.69. The molecule has 2 aromatic carbocycles. The highest BCUT2D eigenvalue weighted by Crippen LogP contribution is 2.29. The highest BCUT2D eigenvalue weighted by Gasteiger charge is 2.24. The molecule has 1 saturated heterocycles. The molecule has 0 aliphatic carbocycles. The van der Waals surface area contributed by atoms with Gasteiger partial charge in [-0.25, -0.2) is 0 Å². The molecule has 0 saturated carbocycles. The molecule has 124 valence electrons. The Kier molecular flexibility index (Phi) is 4.65. The normalized spacial score (nSPS) is 21.2. The lowest BCUT2D eigenvalue weighted by Crippen LogP contribution is -3.27. The Morgan fingerprint density at radius 3 is 2.12 bits per heavy atom. The lowest BCUT2D eigenvalue weighted by Gasteiger charge is -2.29. The summed E-state index contributed by atoms with van der Waals surface area (Å²) in [5, 5.41) is 1.45. The van der Waals surface area contributed by atoms with Crippen LogP contribution in [0.5, 0.6) is 0 Å². The van der Waals surface area contributed by atoms with Gasteiger partial charge in [0.1, 0.15) is 39.3 Å². The summed E-state index contributed by atoms with van der Waals surface area (Å²) in [5.41, 5.74) is 2.97. The highest BCUT2D eigenvalue weighted by molar-refractivity contribution is 7.19. The minimum Gasteiger partial charge on any atom is -0.322 e. The van der Waals surface area contributed by atoms with Crippen molar-refractivity contribution in [1.29, 1.82) is 0 Å². The average Bonchev–Trinajstić information content (AvgIpc) is 2.94. The molecule has 0 spiro atoms. The Bertz CT molecular complexity index is 801. The van der Waals surface area contributed by atoms with E-state index in [1.807, 2.05) is 11.3 Å². The van der Waals surface area contributed by atoms with E-state index in [2.05, 4.69) is 61.5 Å². The van der Waals surface area contributed by atoms with Crippen molar-refractivity contribution in [3.05, 3.63) is 70.6 Å². The number of fused-ring (bicyclic) bond motifs is 1. The number of rotatable bonds is 4. The van der Waals surface area contributed by atoms with Crippen molar-refractivity contribution in [2.75, 3.05) is 26.2 Å². The third-order valence-corrected chi connectivity index (χ3v) is 6.59. The molecule has 0 amide bonds. The molecule has 1 aliphatic heterocycles. The molecule has 4 rings (SSSR count). The van der Waals surface area contributed by atoms with Gasteiger partial charge in [0.15, 0.2) is 0 Å². The van der Waals surface area contributed by atoms with E-state index in [0.717, 1.165) is 0 Å². The first kappa shape index (κ1) is 15.8. The number of hydrogen-bond acceptors (Lipinski definition) is 1. The van der Waals surface area contributed by atoms with Gasteiger partial charge in [-0.3, -0.25) is 0 Å². The number of thiophene rings is 1. The monoisotopic (exact) mass is 338 g/mol. The zero-order valence-electron chi connectivity index (χ0n) is 14.3. The van der Waals surface area contributed by atoms with Crippen molar-refractivity contribution in [3.8, 4) is 0 Å². The van der Waals surface area contributed by atoms with Crippen LogP contribution in [0.4, 0.5) is 0 Å². The van der Waals surface area contributed by atoms with Crippen LogP contribution in [0.1, 0.15) is 16.0 Å². The Hall–Kier alpha value is -1.68. The number of quaternary nitrogens is 2. The second-order valence-electron chi connectivity index (χ2n) is 6.99. The molecule has 1 aliphatic rings. The van der Waals surface area contributed by atoms with E-state index in [9.17, 15) is 0 Å². The molecule has 2 heterocycles. The van der Waals surface area contributed by atoms with Gasteiger partial charge in [0, 0.05) is 10.3 Å². The highest BCUT2D eigenvalue weighted by atomic mass is 32.1. The smallest absolute Gasteiger partial charge is 0.127 e. The van der Waals surface area contributed by atoms with Crippen molar-refractivity contribution in [2.24, 2.45) is 0 Å². The summed E-state index contributed by atoms with van der Waals surface area (Å²) in [5.74, 6) is 0. The minimum absolute atomic E-state index is 1.18. The molecule has 2 nitrogen and oxygen atoms in total. The Labute approximate surface area is 148 Å². The van der Waals surface area contributed by atoms with Gasteiger partial charge in [0.25, 0.3) is 0 Å². The maximum Gasteiger partial charge on any atom is 0.127 e. The fourth-order valence-corrected chi connectivity index (χ4v) is 5.10. The summed E-state index contributed by atoms with van der Waals surface area (Å²) in [6, 6.07) is 19.8. The van der Waals surface area contributed by atoms with Crippen LogP contribution in [0.3, 0.4) is 0 Å². The Morgan fingerprint density at radius 1 is 0.792 bits per heavy atom. The predicted molar refractivity (Wildman–Crippen MR) is 102 cm³/mol. The standard InChI is InChI=1S/C21H24N2S/c1-17-19-9-5-6-10-20(19)24-21(17)16-23-13-11-22(12-14-23)15-18-7-3-2-4-8-18/h2-10H,11-16H2,1H3/p+2. The molecule has 0 atom stereocenters. The molecule has 3 heteroatoms. The number of nitrogens with one attached hydrogen (secondary N) is 2. The maximum atomic E-state index is 2.30. The van der Waals surface area contributed by atoms with E-state index >= 15 is 0 Å². The van der Waals surface area contributed by atoms with Crippen molar-refractivity contribution in [3.63, 3.8) is 0 Å². The quantitative estimate of drug-likeness (QED) is 0.716. The molecule has 3 aromatic rings. The first-order chi connectivity index (χ1) is 11.8. The van der Waals surface area contributed by atoms with Gasteiger partial charge in [-0.15, -0.1) is 11.3 Å². The average molecular weight is 339 g/mol. The van der Waals surface area contributed by atoms with Gasteiger partial charge in [-0.05, 0) is 23.9 Å². The minimum atomic E-state index is 1.18. The second-order valence-corrected chi connectivity index (χ2v) is 8.12. The van der Waals surface area contributed by atoms with E-state index < -0.39 is 0 Å². The first-order valence-electron chi connectivity index (χ1n) is 8.97. The lowest BCUT2D eigenvalue weighted by molar-refractivity contribution is -1.02. The summed E-state index contributed by atoms with van der Waals surface area (Å²) < 4.78 is 1.44.